The number of carbonyl (C=O) groups excluding carboxylic acids is 2. The van der Waals surface area contributed by atoms with Gasteiger partial charge in [0.25, 0.3) is 5.91 Å². The lowest BCUT2D eigenvalue weighted by molar-refractivity contribution is -0.149. The first-order chi connectivity index (χ1) is 12.1. The van der Waals surface area contributed by atoms with Crippen molar-refractivity contribution in [3.63, 3.8) is 0 Å². The topological polar surface area (TPSA) is 72.6 Å². The normalized spacial score (nSPS) is 17.4. The first kappa shape index (κ1) is 17.1. The Balaban J connectivity index is 1.82. The molecule has 0 N–H and O–H groups in total. The molecule has 1 aromatic heterocycles. The number of hydrogen-bond donors (Lipinski definition) is 0. The molecule has 2 aromatic rings. The molecular formula is C18H19FN2O4. The van der Waals surface area contributed by atoms with Gasteiger partial charge in [0.2, 0.25) is 0 Å². The van der Waals surface area contributed by atoms with Crippen LogP contribution in [-0.4, -0.2) is 41.1 Å². The van der Waals surface area contributed by atoms with Gasteiger partial charge in [-0.05, 0) is 38.3 Å². The number of esters is 1. The molecule has 1 aliphatic rings. The van der Waals surface area contributed by atoms with Gasteiger partial charge in [0.05, 0.1) is 12.2 Å². The van der Waals surface area contributed by atoms with Crippen LogP contribution in [0.15, 0.2) is 34.9 Å². The van der Waals surface area contributed by atoms with Crippen LogP contribution in [-0.2, 0) is 9.53 Å². The summed E-state index contributed by atoms with van der Waals surface area (Å²) >= 11 is 0. The third-order valence-corrected chi connectivity index (χ3v) is 4.19. The summed E-state index contributed by atoms with van der Waals surface area (Å²) in [5, 5.41) is 3.76. The minimum Gasteiger partial charge on any atom is -0.464 e. The Labute approximate surface area is 144 Å². The molecule has 0 radical (unpaired) electrons. The van der Waals surface area contributed by atoms with Crippen LogP contribution in [0.3, 0.4) is 0 Å². The number of amides is 1. The van der Waals surface area contributed by atoms with E-state index in [1.54, 1.807) is 25.1 Å². The Hall–Kier alpha value is -2.70. The molecule has 2 heterocycles. The lowest BCUT2D eigenvalue weighted by Gasteiger charge is -2.33. The molecule has 0 saturated carbocycles. The summed E-state index contributed by atoms with van der Waals surface area (Å²) in [5.74, 6) is -1.11. The van der Waals surface area contributed by atoms with Crippen molar-refractivity contribution in [2.45, 2.75) is 32.2 Å². The molecule has 1 aromatic carbocycles. The molecule has 1 atom stereocenters. The summed E-state index contributed by atoms with van der Waals surface area (Å²) < 4.78 is 24.0. The minimum atomic E-state index is -0.616. The van der Waals surface area contributed by atoms with E-state index >= 15 is 0 Å². The fourth-order valence-corrected chi connectivity index (χ4v) is 2.97. The molecule has 1 amide bonds. The van der Waals surface area contributed by atoms with E-state index in [0.717, 1.165) is 12.8 Å². The average molecular weight is 346 g/mol. The van der Waals surface area contributed by atoms with Crippen LogP contribution in [0.1, 0.15) is 36.7 Å². The smallest absolute Gasteiger partial charge is 0.328 e. The molecule has 7 heteroatoms. The van der Waals surface area contributed by atoms with Crippen molar-refractivity contribution in [2.24, 2.45) is 0 Å². The Kier molecular flexibility index (Phi) is 5.11. The third-order valence-electron chi connectivity index (χ3n) is 4.19. The summed E-state index contributed by atoms with van der Waals surface area (Å²) in [6.45, 7) is 2.44. The summed E-state index contributed by atoms with van der Waals surface area (Å²) in [4.78, 5) is 26.3. The van der Waals surface area contributed by atoms with Crippen molar-refractivity contribution < 1.29 is 23.2 Å². The molecule has 0 unspecified atom stereocenters. The molecular weight excluding hydrogens is 327 g/mol. The zero-order valence-corrected chi connectivity index (χ0v) is 13.9. The number of benzene rings is 1. The van der Waals surface area contributed by atoms with Crippen molar-refractivity contribution >= 4 is 11.9 Å². The van der Waals surface area contributed by atoms with Gasteiger partial charge in [-0.15, -0.1) is 0 Å². The predicted octanol–water partition coefficient (Wildman–Crippen LogP) is 3.04. The lowest BCUT2D eigenvalue weighted by atomic mass is 10.0. The van der Waals surface area contributed by atoms with E-state index in [9.17, 15) is 14.0 Å². The van der Waals surface area contributed by atoms with Crippen molar-refractivity contribution in [1.82, 2.24) is 10.1 Å². The fourth-order valence-electron chi connectivity index (χ4n) is 2.97. The van der Waals surface area contributed by atoms with Gasteiger partial charge < -0.3 is 14.2 Å². The van der Waals surface area contributed by atoms with Crippen LogP contribution in [0, 0.1) is 5.82 Å². The third kappa shape index (κ3) is 3.55. The quantitative estimate of drug-likeness (QED) is 0.796. The Morgan fingerprint density at radius 3 is 2.92 bits per heavy atom. The van der Waals surface area contributed by atoms with E-state index in [1.165, 1.54) is 17.0 Å². The van der Waals surface area contributed by atoms with E-state index < -0.39 is 23.7 Å². The van der Waals surface area contributed by atoms with Crippen LogP contribution in [0.25, 0.3) is 11.3 Å². The molecule has 1 saturated heterocycles. The highest BCUT2D eigenvalue weighted by molar-refractivity contribution is 5.96. The second kappa shape index (κ2) is 7.46. The van der Waals surface area contributed by atoms with Gasteiger partial charge in [-0.1, -0.05) is 17.3 Å². The van der Waals surface area contributed by atoms with Gasteiger partial charge in [0, 0.05) is 12.6 Å². The molecule has 6 nitrogen and oxygen atoms in total. The average Bonchev–Trinajstić information content (AvgIpc) is 3.11. The number of carbonyl (C=O) groups is 2. The number of ether oxygens (including phenoxy) is 1. The molecule has 0 aliphatic carbocycles. The Morgan fingerprint density at radius 1 is 1.36 bits per heavy atom. The second-order valence-corrected chi connectivity index (χ2v) is 5.82. The van der Waals surface area contributed by atoms with Crippen molar-refractivity contribution in [1.29, 1.82) is 0 Å². The lowest BCUT2D eigenvalue weighted by Crippen LogP contribution is -2.48. The Bertz CT molecular complexity index is 774. The van der Waals surface area contributed by atoms with Gasteiger partial charge in [0.1, 0.15) is 11.9 Å². The maximum absolute atomic E-state index is 13.8. The van der Waals surface area contributed by atoms with Crippen molar-refractivity contribution in [2.75, 3.05) is 13.2 Å². The van der Waals surface area contributed by atoms with Gasteiger partial charge in [-0.2, -0.15) is 0 Å². The number of halogens is 1. The molecule has 132 valence electrons. The summed E-state index contributed by atoms with van der Waals surface area (Å²) in [6, 6.07) is 6.88. The van der Waals surface area contributed by atoms with Crippen LogP contribution < -0.4 is 0 Å². The number of aromatic nitrogens is 1. The predicted molar refractivity (Wildman–Crippen MR) is 87.2 cm³/mol. The second-order valence-electron chi connectivity index (χ2n) is 5.82. The fraction of sp³-hybridized carbons (Fsp3) is 0.389. The summed E-state index contributed by atoms with van der Waals surface area (Å²) in [7, 11) is 0. The zero-order valence-electron chi connectivity index (χ0n) is 13.9. The van der Waals surface area contributed by atoms with Crippen LogP contribution in [0.5, 0.6) is 0 Å². The Morgan fingerprint density at radius 2 is 2.16 bits per heavy atom. The molecule has 0 bridgehead atoms. The highest BCUT2D eigenvalue weighted by atomic mass is 19.1. The SMILES string of the molecule is CCOC(=O)[C@@H]1CCCCN1C(=O)c1cc(-c2ccccc2F)on1. The van der Waals surface area contributed by atoms with Crippen molar-refractivity contribution in [3.8, 4) is 11.3 Å². The molecule has 3 rings (SSSR count). The molecule has 0 spiro atoms. The number of likely N-dealkylation sites (tertiary alicyclic amines) is 1. The van der Waals surface area contributed by atoms with Gasteiger partial charge in [0.15, 0.2) is 11.5 Å². The number of rotatable bonds is 4. The largest absolute Gasteiger partial charge is 0.464 e. The molecule has 1 fully saturated rings. The minimum absolute atomic E-state index is 0.0504. The monoisotopic (exact) mass is 346 g/mol. The van der Waals surface area contributed by atoms with E-state index in [-0.39, 0.29) is 23.6 Å². The number of hydrogen-bond acceptors (Lipinski definition) is 5. The van der Waals surface area contributed by atoms with E-state index in [4.69, 9.17) is 9.26 Å². The molecule has 1 aliphatic heterocycles. The first-order valence-electron chi connectivity index (χ1n) is 8.31. The van der Waals surface area contributed by atoms with Crippen LogP contribution >= 0.6 is 0 Å². The number of piperidine rings is 1. The zero-order chi connectivity index (χ0) is 17.8. The van der Waals surface area contributed by atoms with Gasteiger partial charge in [-0.25, -0.2) is 9.18 Å². The number of nitrogens with zero attached hydrogens (tertiary/aromatic N) is 2. The highest BCUT2D eigenvalue weighted by Crippen LogP contribution is 2.25. The summed E-state index contributed by atoms with van der Waals surface area (Å²) in [5.41, 5.74) is 0.282. The van der Waals surface area contributed by atoms with Crippen LogP contribution in [0.4, 0.5) is 4.39 Å². The summed E-state index contributed by atoms with van der Waals surface area (Å²) in [6.07, 6.45) is 2.22. The van der Waals surface area contributed by atoms with E-state index in [1.807, 2.05) is 0 Å². The molecule has 25 heavy (non-hydrogen) atoms. The standard InChI is InChI=1S/C18H19FN2O4/c1-2-24-18(23)15-9-5-6-10-21(15)17(22)14-11-16(25-20-14)12-7-3-4-8-13(12)19/h3-4,7-8,11,15H,2,5-6,9-10H2,1H3/t15-/m0/s1. The maximum atomic E-state index is 13.8. The van der Waals surface area contributed by atoms with E-state index in [2.05, 4.69) is 5.16 Å². The van der Waals surface area contributed by atoms with Crippen LogP contribution in [0.2, 0.25) is 0 Å². The highest BCUT2D eigenvalue weighted by Gasteiger charge is 2.35. The van der Waals surface area contributed by atoms with Gasteiger partial charge >= 0.3 is 5.97 Å². The first-order valence-corrected chi connectivity index (χ1v) is 8.31. The van der Waals surface area contributed by atoms with Gasteiger partial charge in [-0.3, -0.25) is 4.79 Å². The van der Waals surface area contributed by atoms with E-state index in [0.29, 0.717) is 13.0 Å². The van der Waals surface area contributed by atoms with Crippen molar-refractivity contribution in [3.05, 3.63) is 41.8 Å². The maximum Gasteiger partial charge on any atom is 0.328 e.